The zero-order chi connectivity index (χ0) is 10.9. The second kappa shape index (κ2) is 7.40. The Labute approximate surface area is 93.4 Å². The maximum absolute atomic E-state index is 5.23. The van der Waals surface area contributed by atoms with Gasteiger partial charge in [-0.1, -0.05) is 42.5 Å². The van der Waals surface area contributed by atoms with E-state index in [2.05, 4.69) is 24.3 Å². The summed E-state index contributed by atoms with van der Waals surface area (Å²) in [4.78, 5) is 0. The molecule has 0 saturated heterocycles. The summed E-state index contributed by atoms with van der Waals surface area (Å²) >= 11 is 0. The van der Waals surface area contributed by atoms with Crippen LogP contribution in [0, 0.1) is 0 Å². The van der Waals surface area contributed by atoms with Gasteiger partial charge in [-0.25, -0.2) is 0 Å². The normalized spacial score (nSPS) is 11.4. The summed E-state index contributed by atoms with van der Waals surface area (Å²) in [6.07, 6.45) is 5.33. The molecule has 0 atom stereocenters. The molecule has 0 aliphatic carbocycles. The van der Waals surface area contributed by atoms with Crippen LogP contribution < -0.4 is 0 Å². The third kappa shape index (κ3) is 4.92. The third-order valence-electron chi connectivity index (χ3n) is 2.20. The van der Waals surface area contributed by atoms with Gasteiger partial charge in [0.1, 0.15) is 0 Å². The van der Waals surface area contributed by atoms with E-state index < -0.39 is 9.28 Å². The molecule has 0 spiro atoms. The van der Waals surface area contributed by atoms with E-state index in [4.69, 9.17) is 8.85 Å². The Hall–Kier alpha value is -0.903. The highest BCUT2D eigenvalue weighted by atomic mass is 28.3. The van der Waals surface area contributed by atoms with Crippen LogP contribution in [0.2, 0.25) is 6.04 Å². The van der Waals surface area contributed by atoms with Gasteiger partial charge < -0.3 is 8.85 Å². The predicted molar refractivity (Wildman–Crippen MR) is 66.1 cm³/mol. The molecule has 0 bridgehead atoms. The molecule has 0 radical (unpaired) electrons. The molecule has 1 rings (SSSR count). The lowest BCUT2D eigenvalue weighted by molar-refractivity contribution is 0.278. The Morgan fingerprint density at radius 1 is 1.13 bits per heavy atom. The summed E-state index contributed by atoms with van der Waals surface area (Å²) in [5.41, 5.74) is 1.24. The zero-order valence-corrected chi connectivity index (χ0v) is 10.5. The molecular weight excluding hydrogens is 204 g/mol. The summed E-state index contributed by atoms with van der Waals surface area (Å²) in [5.74, 6) is 0. The van der Waals surface area contributed by atoms with Crippen LogP contribution in [0.3, 0.4) is 0 Å². The van der Waals surface area contributed by atoms with Crippen LogP contribution in [0.15, 0.2) is 36.4 Å². The highest BCUT2D eigenvalue weighted by Crippen LogP contribution is 2.05. The monoisotopic (exact) mass is 222 g/mol. The molecule has 0 saturated carbocycles. The first-order valence-electron chi connectivity index (χ1n) is 5.14. The molecule has 0 heterocycles. The van der Waals surface area contributed by atoms with E-state index in [1.807, 2.05) is 18.2 Å². The standard InChI is InChI=1S/C12H18O2Si/c1-13-15(14-2)11-7-6-10-12-8-4-3-5-9-12/h3-6,8-10,15H,7,11H2,1-2H3. The van der Waals surface area contributed by atoms with Crippen molar-refractivity contribution < 1.29 is 8.85 Å². The lowest BCUT2D eigenvalue weighted by atomic mass is 10.2. The summed E-state index contributed by atoms with van der Waals surface area (Å²) < 4.78 is 10.5. The van der Waals surface area contributed by atoms with Crippen molar-refractivity contribution in [2.75, 3.05) is 14.2 Å². The van der Waals surface area contributed by atoms with E-state index in [0.29, 0.717) is 0 Å². The largest absolute Gasteiger partial charge is 0.400 e. The predicted octanol–water partition coefficient (Wildman–Crippen LogP) is 2.60. The van der Waals surface area contributed by atoms with E-state index in [0.717, 1.165) is 12.5 Å². The van der Waals surface area contributed by atoms with Gasteiger partial charge in [-0.2, -0.15) is 0 Å². The fourth-order valence-corrected chi connectivity index (χ4v) is 2.48. The van der Waals surface area contributed by atoms with Gasteiger partial charge in [-0.3, -0.25) is 0 Å². The first-order chi connectivity index (χ1) is 7.36. The van der Waals surface area contributed by atoms with E-state index in [9.17, 15) is 0 Å². The topological polar surface area (TPSA) is 18.5 Å². The van der Waals surface area contributed by atoms with Crippen molar-refractivity contribution in [3.63, 3.8) is 0 Å². The number of rotatable bonds is 6. The van der Waals surface area contributed by atoms with Crippen LogP contribution in [-0.4, -0.2) is 23.5 Å². The SMILES string of the molecule is CO[SiH](CCC=Cc1ccccc1)OC. The van der Waals surface area contributed by atoms with Gasteiger partial charge in [0.25, 0.3) is 0 Å². The highest BCUT2D eigenvalue weighted by Gasteiger charge is 2.06. The maximum Gasteiger partial charge on any atom is 0.321 e. The molecule has 0 unspecified atom stereocenters. The van der Waals surface area contributed by atoms with Gasteiger partial charge in [-0.05, 0) is 18.0 Å². The summed E-state index contributed by atoms with van der Waals surface area (Å²) in [7, 11) is 2.08. The molecule has 0 N–H and O–H groups in total. The van der Waals surface area contributed by atoms with Gasteiger partial charge in [0.2, 0.25) is 0 Å². The highest BCUT2D eigenvalue weighted by molar-refractivity contribution is 6.44. The van der Waals surface area contributed by atoms with Crippen molar-refractivity contribution >= 4 is 15.4 Å². The number of hydrogen-bond donors (Lipinski definition) is 0. The minimum Gasteiger partial charge on any atom is -0.400 e. The summed E-state index contributed by atoms with van der Waals surface area (Å²) in [6, 6.07) is 11.3. The Bertz CT molecular complexity index is 281. The molecule has 0 amide bonds. The van der Waals surface area contributed by atoms with Crippen LogP contribution in [0.4, 0.5) is 0 Å². The maximum atomic E-state index is 5.23. The van der Waals surface area contributed by atoms with Gasteiger partial charge in [0.05, 0.1) is 0 Å². The van der Waals surface area contributed by atoms with Crippen LogP contribution in [-0.2, 0) is 8.85 Å². The van der Waals surface area contributed by atoms with Crippen LogP contribution >= 0.6 is 0 Å². The Morgan fingerprint density at radius 3 is 2.40 bits per heavy atom. The third-order valence-corrected chi connectivity index (χ3v) is 4.06. The number of hydrogen-bond acceptors (Lipinski definition) is 2. The van der Waals surface area contributed by atoms with Crippen LogP contribution in [0.1, 0.15) is 12.0 Å². The molecule has 82 valence electrons. The molecule has 0 fully saturated rings. The minimum absolute atomic E-state index is 1.02. The lowest BCUT2D eigenvalue weighted by Crippen LogP contribution is -2.17. The van der Waals surface area contributed by atoms with Crippen LogP contribution in [0.25, 0.3) is 6.08 Å². The van der Waals surface area contributed by atoms with Crippen molar-refractivity contribution in [1.29, 1.82) is 0 Å². The zero-order valence-electron chi connectivity index (χ0n) is 9.35. The average molecular weight is 222 g/mol. The molecule has 0 aromatic heterocycles. The van der Waals surface area contributed by atoms with E-state index >= 15 is 0 Å². The molecule has 0 aliphatic heterocycles. The van der Waals surface area contributed by atoms with Gasteiger partial charge in [0, 0.05) is 14.2 Å². The molecule has 1 aromatic rings. The Balaban J connectivity index is 2.28. The molecule has 15 heavy (non-hydrogen) atoms. The summed E-state index contributed by atoms with van der Waals surface area (Å²) in [6.45, 7) is 0. The van der Waals surface area contributed by atoms with E-state index in [-0.39, 0.29) is 0 Å². The van der Waals surface area contributed by atoms with Crippen molar-refractivity contribution in [3.05, 3.63) is 42.0 Å². The van der Waals surface area contributed by atoms with Gasteiger partial charge >= 0.3 is 9.28 Å². The first kappa shape index (κ1) is 12.2. The van der Waals surface area contributed by atoms with Gasteiger partial charge in [0.15, 0.2) is 0 Å². The molecule has 2 nitrogen and oxygen atoms in total. The minimum atomic E-state index is -1.37. The fraction of sp³-hybridized carbons (Fsp3) is 0.333. The van der Waals surface area contributed by atoms with Gasteiger partial charge in [-0.15, -0.1) is 0 Å². The molecule has 0 aliphatic rings. The molecular formula is C12H18O2Si. The van der Waals surface area contributed by atoms with E-state index in [1.54, 1.807) is 14.2 Å². The molecule has 1 aromatic carbocycles. The second-order valence-corrected chi connectivity index (χ2v) is 5.67. The van der Waals surface area contributed by atoms with Crippen LogP contribution in [0.5, 0.6) is 0 Å². The lowest BCUT2D eigenvalue weighted by Gasteiger charge is -2.08. The second-order valence-electron chi connectivity index (χ2n) is 3.29. The van der Waals surface area contributed by atoms with Crippen molar-refractivity contribution in [2.45, 2.75) is 12.5 Å². The smallest absolute Gasteiger partial charge is 0.321 e. The van der Waals surface area contributed by atoms with Crippen molar-refractivity contribution in [3.8, 4) is 0 Å². The Morgan fingerprint density at radius 2 is 1.80 bits per heavy atom. The quantitative estimate of drug-likeness (QED) is 0.689. The number of allylic oxidation sites excluding steroid dienone is 1. The Kier molecular flexibility index (Phi) is 6.00. The fourth-order valence-electron chi connectivity index (χ4n) is 1.35. The first-order valence-corrected chi connectivity index (χ1v) is 6.90. The molecule has 3 heteroatoms. The number of benzene rings is 1. The van der Waals surface area contributed by atoms with Crippen molar-refractivity contribution in [1.82, 2.24) is 0 Å². The van der Waals surface area contributed by atoms with E-state index in [1.165, 1.54) is 5.56 Å². The average Bonchev–Trinajstić information content (AvgIpc) is 2.31. The summed E-state index contributed by atoms with van der Waals surface area (Å²) in [5, 5.41) is 0. The van der Waals surface area contributed by atoms with Crippen molar-refractivity contribution in [2.24, 2.45) is 0 Å².